The van der Waals surface area contributed by atoms with Gasteiger partial charge in [0.05, 0.1) is 15.1 Å². The van der Waals surface area contributed by atoms with Crippen LogP contribution in [0, 0.1) is 10.1 Å². The highest BCUT2D eigenvalue weighted by Crippen LogP contribution is 2.32. The first-order valence-electron chi connectivity index (χ1n) is 6.63. The number of nitrogens with one attached hydrogen (secondary N) is 1. The Balaban J connectivity index is 1.89. The lowest BCUT2D eigenvalue weighted by Crippen LogP contribution is -2.41. The maximum Gasteiger partial charge on any atom is 0.271 e. The van der Waals surface area contributed by atoms with Crippen molar-refractivity contribution in [3.63, 3.8) is 0 Å². The third-order valence-corrected chi connectivity index (χ3v) is 4.86. The molecule has 1 N–H and O–H groups in total. The van der Waals surface area contributed by atoms with Crippen LogP contribution in [0.15, 0.2) is 18.2 Å². The predicted octanol–water partition coefficient (Wildman–Crippen LogP) is 2.39. The molecule has 6 nitrogen and oxygen atoms in total. The molecule has 0 unspecified atom stereocenters. The average Bonchev–Trinajstić information content (AvgIpc) is 2.90. The number of fused-ring (bicyclic) bond motifs is 1. The molecular weight excluding hydrogens is 276 g/mol. The Labute approximate surface area is 120 Å². The Morgan fingerprint density at radius 3 is 2.90 bits per heavy atom. The number of piperidine rings is 1. The second kappa shape index (κ2) is 5.34. The molecular formula is C13H16N4O2S. The van der Waals surface area contributed by atoms with Crippen LogP contribution < -0.4 is 10.2 Å². The number of non-ortho nitro benzene ring substituents is 1. The van der Waals surface area contributed by atoms with Crippen LogP contribution in [0.5, 0.6) is 0 Å². The van der Waals surface area contributed by atoms with Gasteiger partial charge in [-0.15, -0.1) is 0 Å². The lowest BCUT2D eigenvalue weighted by molar-refractivity contribution is -0.384. The summed E-state index contributed by atoms with van der Waals surface area (Å²) >= 11 is 1.59. The molecule has 1 aliphatic rings. The number of thiazole rings is 1. The first-order valence-corrected chi connectivity index (χ1v) is 7.45. The minimum Gasteiger partial charge on any atom is -0.348 e. The molecule has 3 rings (SSSR count). The van der Waals surface area contributed by atoms with Gasteiger partial charge in [-0.1, -0.05) is 11.3 Å². The van der Waals surface area contributed by atoms with Crippen LogP contribution in [-0.4, -0.2) is 36.1 Å². The zero-order valence-corrected chi connectivity index (χ0v) is 12.0. The van der Waals surface area contributed by atoms with Gasteiger partial charge in [0.25, 0.3) is 5.69 Å². The van der Waals surface area contributed by atoms with Crippen LogP contribution in [0.25, 0.3) is 10.2 Å². The van der Waals surface area contributed by atoms with Crippen molar-refractivity contribution < 1.29 is 4.92 Å². The van der Waals surface area contributed by atoms with Gasteiger partial charge in [0.1, 0.15) is 0 Å². The quantitative estimate of drug-likeness (QED) is 0.694. The van der Waals surface area contributed by atoms with E-state index < -0.39 is 0 Å². The summed E-state index contributed by atoms with van der Waals surface area (Å²) in [5.41, 5.74) is 0.804. The van der Waals surface area contributed by atoms with Gasteiger partial charge in [0, 0.05) is 25.2 Å². The van der Waals surface area contributed by atoms with Crippen molar-refractivity contribution in [3.8, 4) is 0 Å². The van der Waals surface area contributed by atoms with E-state index in [0.29, 0.717) is 11.6 Å². The maximum atomic E-state index is 10.8. The number of nitro benzene ring substituents is 1. The van der Waals surface area contributed by atoms with Gasteiger partial charge in [-0.3, -0.25) is 10.1 Å². The Bertz CT molecular complexity index is 636. The summed E-state index contributed by atoms with van der Waals surface area (Å²) in [6.07, 6.45) is 2.21. The molecule has 2 aromatic rings. The number of hydrogen-bond donors (Lipinski definition) is 1. The van der Waals surface area contributed by atoms with Gasteiger partial charge in [0.2, 0.25) is 0 Å². The molecule has 2 heterocycles. The second-order valence-electron chi connectivity index (χ2n) is 5.00. The maximum absolute atomic E-state index is 10.8. The molecule has 0 bridgehead atoms. The number of benzene rings is 1. The Kier molecular flexibility index (Phi) is 3.54. The fraction of sp³-hybridized carbons (Fsp3) is 0.462. The Morgan fingerprint density at radius 2 is 2.20 bits per heavy atom. The van der Waals surface area contributed by atoms with Crippen LogP contribution in [0.1, 0.15) is 12.8 Å². The van der Waals surface area contributed by atoms with Crippen LogP contribution in [0.3, 0.4) is 0 Å². The molecule has 106 valence electrons. The predicted molar refractivity (Wildman–Crippen MR) is 80.6 cm³/mol. The van der Waals surface area contributed by atoms with E-state index >= 15 is 0 Å². The molecule has 0 amide bonds. The summed E-state index contributed by atoms with van der Waals surface area (Å²) in [5, 5.41) is 15.1. The van der Waals surface area contributed by atoms with Crippen molar-refractivity contribution in [1.82, 2.24) is 10.3 Å². The lowest BCUT2D eigenvalue weighted by Gasteiger charge is -2.31. The van der Waals surface area contributed by atoms with Crippen molar-refractivity contribution in [1.29, 1.82) is 0 Å². The van der Waals surface area contributed by atoms with Crippen molar-refractivity contribution in [3.05, 3.63) is 28.3 Å². The first-order chi connectivity index (χ1) is 9.65. The molecule has 1 aromatic heterocycles. The summed E-state index contributed by atoms with van der Waals surface area (Å²) in [6, 6.07) is 5.36. The normalized spacial score (nSPS) is 16.4. The average molecular weight is 292 g/mol. The standard InChI is InChI=1S/C13H16N4O2S/c1-16(9-4-6-14-7-5-9)13-15-11-8-10(17(18)19)2-3-12(11)20-13/h2-3,8-9,14H,4-7H2,1H3. The van der Waals surface area contributed by atoms with Crippen LogP contribution >= 0.6 is 11.3 Å². The molecule has 1 aromatic carbocycles. The molecule has 0 atom stereocenters. The number of rotatable bonds is 3. The molecule has 1 aliphatic heterocycles. The van der Waals surface area contributed by atoms with Gasteiger partial charge >= 0.3 is 0 Å². The summed E-state index contributed by atoms with van der Waals surface area (Å²) in [6.45, 7) is 2.07. The van der Waals surface area contributed by atoms with E-state index in [4.69, 9.17) is 0 Å². The van der Waals surface area contributed by atoms with Gasteiger partial charge in [-0.25, -0.2) is 4.98 Å². The van der Waals surface area contributed by atoms with E-state index in [1.165, 1.54) is 6.07 Å². The zero-order chi connectivity index (χ0) is 14.1. The third kappa shape index (κ3) is 2.46. The van der Waals surface area contributed by atoms with Gasteiger partial charge in [-0.2, -0.15) is 0 Å². The Hall–Kier alpha value is -1.73. The van der Waals surface area contributed by atoms with Gasteiger partial charge in [0.15, 0.2) is 5.13 Å². The van der Waals surface area contributed by atoms with E-state index in [-0.39, 0.29) is 10.6 Å². The largest absolute Gasteiger partial charge is 0.348 e. The molecule has 1 fully saturated rings. The highest BCUT2D eigenvalue weighted by Gasteiger charge is 2.21. The number of hydrogen-bond acceptors (Lipinski definition) is 6. The van der Waals surface area contributed by atoms with Crippen LogP contribution in [0.4, 0.5) is 10.8 Å². The molecule has 0 radical (unpaired) electrons. The van der Waals surface area contributed by atoms with Gasteiger partial charge in [-0.05, 0) is 32.0 Å². The summed E-state index contributed by atoms with van der Waals surface area (Å²) in [4.78, 5) is 17.2. The summed E-state index contributed by atoms with van der Waals surface area (Å²) in [5.74, 6) is 0. The van der Waals surface area contributed by atoms with Crippen molar-refractivity contribution >= 4 is 32.4 Å². The second-order valence-corrected chi connectivity index (χ2v) is 6.01. The highest BCUT2D eigenvalue weighted by molar-refractivity contribution is 7.22. The zero-order valence-electron chi connectivity index (χ0n) is 11.2. The molecule has 7 heteroatoms. The third-order valence-electron chi connectivity index (χ3n) is 3.73. The smallest absolute Gasteiger partial charge is 0.271 e. The van der Waals surface area contributed by atoms with E-state index in [0.717, 1.165) is 35.8 Å². The van der Waals surface area contributed by atoms with E-state index in [1.54, 1.807) is 23.5 Å². The van der Waals surface area contributed by atoms with Crippen LogP contribution in [-0.2, 0) is 0 Å². The van der Waals surface area contributed by atoms with E-state index in [1.807, 2.05) is 0 Å². The summed E-state index contributed by atoms with van der Waals surface area (Å²) in [7, 11) is 2.06. The van der Waals surface area contributed by atoms with Crippen LogP contribution in [0.2, 0.25) is 0 Å². The molecule has 0 aliphatic carbocycles. The molecule has 20 heavy (non-hydrogen) atoms. The monoisotopic (exact) mass is 292 g/mol. The molecule has 0 spiro atoms. The van der Waals surface area contributed by atoms with Gasteiger partial charge < -0.3 is 10.2 Å². The topological polar surface area (TPSA) is 71.3 Å². The lowest BCUT2D eigenvalue weighted by atomic mass is 10.1. The van der Waals surface area contributed by atoms with E-state index in [9.17, 15) is 10.1 Å². The minimum absolute atomic E-state index is 0.0962. The fourth-order valence-corrected chi connectivity index (χ4v) is 3.50. The number of nitrogens with zero attached hydrogens (tertiary/aromatic N) is 3. The molecule has 1 saturated heterocycles. The molecule has 0 saturated carbocycles. The number of aromatic nitrogens is 1. The van der Waals surface area contributed by atoms with Crippen molar-refractivity contribution in [2.75, 3.05) is 25.0 Å². The first kappa shape index (κ1) is 13.3. The Morgan fingerprint density at radius 1 is 1.45 bits per heavy atom. The SMILES string of the molecule is CN(c1nc2cc([N+](=O)[O-])ccc2s1)C1CCNCC1. The van der Waals surface area contributed by atoms with E-state index in [2.05, 4.69) is 22.2 Å². The highest BCUT2D eigenvalue weighted by atomic mass is 32.1. The van der Waals surface area contributed by atoms with Crippen molar-refractivity contribution in [2.45, 2.75) is 18.9 Å². The minimum atomic E-state index is -0.380. The fourth-order valence-electron chi connectivity index (χ4n) is 2.52. The summed E-state index contributed by atoms with van der Waals surface area (Å²) < 4.78 is 0.992. The van der Waals surface area contributed by atoms with Crippen molar-refractivity contribution in [2.24, 2.45) is 0 Å². The number of anilines is 1. The number of nitro groups is 1.